The number of hydrogen-bond acceptors (Lipinski definition) is 5. The fourth-order valence-corrected chi connectivity index (χ4v) is 5.88. The van der Waals surface area contributed by atoms with Crippen LogP contribution < -0.4 is 9.64 Å². The number of hydrogen-bond donors (Lipinski definition) is 0. The zero-order chi connectivity index (χ0) is 21.8. The molecule has 1 fully saturated rings. The summed E-state index contributed by atoms with van der Waals surface area (Å²) < 4.78 is 32.6. The van der Waals surface area contributed by atoms with E-state index in [1.54, 1.807) is 53.7 Å². The summed E-state index contributed by atoms with van der Waals surface area (Å²) >= 11 is 1.57. The zero-order valence-corrected chi connectivity index (χ0v) is 18.9. The normalized spacial score (nSPS) is 14.5. The molecule has 1 saturated heterocycles. The van der Waals surface area contributed by atoms with E-state index in [9.17, 15) is 13.2 Å². The van der Waals surface area contributed by atoms with Gasteiger partial charge in [-0.3, -0.25) is 4.79 Å². The van der Waals surface area contributed by atoms with E-state index < -0.39 is 10.0 Å². The minimum absolute atomic E-state index is 0.158. The van der Waals surface area contributed by atoms with Crippen molar-refractivity contribution in [2.75, 3.05) is 25.1 Å². The van der Waals surface area contributed by atoms with Crippen LogP contribution in [-0.4, -0.2) is 38.8 Å². The van der Waals surface area contributed by atoms with Gasteiger partial charge < -0.3 is 9.64 Å². The molecule has 3 aromatic rings. The Kier molecular flexibility index (Phi) is 6.41. The Bertz CT molecular complexity index is 1140. The Morgan fingerprint density at radius 2 is 1.81 bits per heavy atom. The molecule has 1 aliphatic heterocycles. The minimum Gasteiger partial charge on any atom is -0.497 e. The first kappa shape index (κ1) is 21.5. The molecule has 1 aromatic heterocycles. The first-order valence-electron chi connectivity index (χ1n) is 10.1. The molecule has 1 amide bonds. The third-order valence-corrected chi connectivity index (χ3v) is 8.06. The highest BCUT2D eigenvalue weighted by atomic mass is 32.2. The van der Waals surface area contributed by atoms with Gasteiger partial charge in [-0.2, -0.15) is 4.31 Å². The van der Waals surface area contributed by atoms with Crippen molar-refractivity contribution in [3.8, 4) is 5.75 Å². The number of rotatable bonds is 7. The lowest BCUT2D eigenvalue weighted by Crippen LogP contribution is -2.31. The monoisotopic (exact) mass is 456 g/mol. The average molecular weight is 457 g/mol. The molecule has 31 heavy (non-hydrogen) atoms. The molecule has 0 spiro atoms. The predicted molar refractivity (Wildman–Crippen MR) is 122 cm³/mol. The quantitative estimate of drug-likeness (QED) is 0.529. The Morgan fingerprint density at radius 1 is 1.06 bits per heavy atom. The van der Waals surface area contributed by atoms with Crippen LogP contribution >= 0.6 is 11.3 Å². The van der Waals surface area contributed by atoms with Crippen molar-refractivity contribution >= 4 is 33.0 Å². The molecule has 0 aliphatic carbocycles. The average Bonchev–Trinajstić information content (AvgIpc) is 3.52. The van der Waals surface area contributed by atoms with Gasteiger partial charge in [-0.05, 0) is 66.8 Å². The lowest BCUT2D eigenvalue weighted by molar-refractivity contribution is 0.0985. The van der Waals surface area contributed by atoms with Gasteiger partial charge in [0, 0.05) is 29.2 Å². The highest BCUT2D eigenvalue weighted by Crippen LogP contribution is 2.26. The number of amides is 1. The molecular formula is C23H24N2O4S2. The van der Waals surface area contributed by atoms with Crippen molar-refractivity contribution in [3.63, 3.8) is 0 Å². The summed E-state index contributed by atoms with van der Waals surface area (Å²) in [5.41, 5.74) is 1.06. The molecule has 0 atom stereocenters. The SMILES string of the molecule is COc1ccc(N(Cc2cccs2)C(=O)c2cccc(S(=O)(=O)N3CCCC3)c2)cc1. The fraction of sp³-hybridized carbons (Fsp3) is 0.261. The van der Waals surface area contributed by atoms with Crippen LogP contribution in [0, 0.1) is 0 Å². The van der Waals surface area contributed by atoms with Gasteiger partial charge in [-0.1, -0.05) is 12.1 Å². The molecule has 1 aliphatic rings. The van der Waals surface area contributed by atoms with E-state index in [2.05, 4.69) is 0 Å². The Labute approximate surface area is 186 Å². The molecule has 0 radical (unpaired) electrons. The summed E-state index contributed by atoms with van der Waals surface area (Å²) in [7, 11) is -2.00. The van der Waals surface area contributed by atoms with Gasteiger partial charge >= 0.3 is 0 Å². The highest BCUT2D eigenvalue weighted by molar-refractivity contribution is 7.89. The van der Waals surface area contributed by atoms with E-state index in [0.29, 0.717) is 36.6 Å². The van der Waals surface area contributed by atoms with Gasteiger partial charge in [-0.15, -0.1) is 11.3 Å². The summed E-state index contributed by atoms with van der Waals surface area (Å²) in [6.07, 6.45) is 1.73. The van der Waals surface area contributed by atoms with E-state index in [1.165, 1.54) is 10.4 Å². The van der Waals surface area contributed by atoms with E-state index in [4.69, 9.17) is 4.74 Å². The molecule has 2 aromatic carbocycles. The van der Waals surface area contributed by atoms with Crippen molar-refractivity contribution in [1.82, 2.24) is 4.31 Å². The van der Waals surface area contributed by atoms with Crippen LogP contribution in [0.15, 0.2) is 70.9 Å². The summed E-state index contributed by atoms with van der Waals surface area (Å²) in [5, 5.41) is 1.97. The molecule has 0 N–H and O–H groups in total. The number of sulfonamides is 1. The van der Waals surface area contributed by atoms with Gasteiger partial charge in [0.25, 0.3) is 5.91 Å². The largest absolute Gasteiger partial charge is 0.497 e. The van der Waals surface area contributed by atoms with Crippen LogP contribution in [-0.2, 0) is 16.6 Å². The minimum atomic E-state index is -3.60. The van der Waals surface area contributed by atoms with Crippen LogP contribution in [0.1, 0.15) is 28.1 Å². The van der Waals surface area contributed by atoms with Gasteiger partial charge in [0.15, 0.2) is 0 Å². The number of methoxy groups -OCH3 is 1. The lowest BCUT2D eigenvalue weighted by atomic mass is 10.1. The van der Waals surface area contributed by atoms with Crippen LogP contribution in [0.4, 0.5) is 5.69 Å². The third kappa shape index (κ3) is 4.66. The number of carbonyl (C=O) groups excluding carboxylic acids is 1. The Morgan fingerprint density at radius 3 is 2.45 bits per heavy atom. The number of benzene rings is 2. The number of nitrogens with zero attached hydrogens (tertiary/aromatic N) is 2. The van der Waals surface area contributed by atoms with E-state index in [-0.39, 0.29) is 10.8 Å². The number of ether oxygens (including phenoxy) is 1. The van der Waals surface area contributed by atoms with E-state index in [0.717, 1.165) is 17.7 Å². The maximum Gasteiger partial charge on any atom is 0.258 e. The smallest absolute Gasteiger partial charge is 0.258 e. The second kappa shape index (κ2) is 9.21. The van der Waals surface area contributed by atoms with Gasteiger partial charge in [0.1, 0.15) is 5.75 Å². The molecular weight excluding hydrogens is 432 g/mol. The Hall–Kier alpha value is -2.68. The van der Waals surface area contributed by atoms with Crippen molar-refractivity contribution < 1.29 is 17.9 Å². The standard InChI is InChI=1S/C23H24N2O4S2/c1-29-20-11-9-19(10-12-20)25(17-21-7-5-15-30-21)23(26)18-6-4-8-22(16-18)31(27,28)24-13-2-3-14-24/h4-12,15-16H,2-3,13-14,17H2,1H3. The van der Waals surface area contributed by atoms with Crippen LogP contribution in [0.5, 0.6) is 5.75 Å². The molecule has 2 heterocycles. The molecule has 8 heteroatoms. The van der Waals surface area contributed by atoms with Crippen LogP contribution in [0.25, 0.3) is 0 Å². The second-order valence-corrected chi connectivity index (χ2v) is 10.3. The topological polar surface area (TPSA) is 66.9 Å². The molecule has 6 nitrogen and oxygen atoms in total. The molecule has 0 saturated carbocycles. The molecule has 0 bridgehead atoms. The van der Waals surface area contributed by atoms with E-state index >= 15 is 0 Å². The van der Waals surface area contributed by atoms with Crippen molar-refractivity contribution in [3.05, 3.63) is 76.5 Å². The molecule has 0 unspecified atom stereocenters. The molecule has 4 rings (SSSR count). The number of carbonyl (C=O) groups is 1. The van der Waals surface area contributed by atoms with Gasteiger partial charge in [0.05, 0.1) is 18.6 Å². The number of anilines is 1. The Balaban J connectivity index is 1.67. The van der Waals surface area contributed by atoms with Crippen molar-refractivity contribution in [2.24, 2.45) is 0 Å². The summed E-state index contributed by atoms with van der Waals surface area (Å²) in [6.45, 7) is 1.44. The summed E-state index contributed by atoms with van der Waals surface area (Å²) in [5.74, 6) is 0.447. The summed E-state index contributed by atoms with van der Waals surface area (Å²) in [6, 6.07) is 17.5. The van der Waals surface area contributed by atoms with Crippen molar-refractivity contribution in [1.29, 1.82) is 0 Å². The van der Waals surface area contributed by atoms with Crippen LogP contribution in [0.3, 0.4) is 0 Å². The third-order valence-electron chi connectivity index (χ3n) is 5.31. The fourth-order valence-electron chi connectivity index (χ4n) is 3.62. The second-order valence-electron chi connectivity index (χ2n) is 7.31. The van der Waals surface area contributed by atoms with Gasteiger partial charge in [-0.25, -0.2) is 8.42 Å². The molecule has 162 valence electrons. The summed E-state index contributed by atoms with van der Waals surface area (Å²) in [4.78, 5) is 16.4. The predicted octanol–water partition coefficient (Wildman–Crippen LogP) is 4.39. The van der Waals surface area contributed by atoms with Gasteiger partial charge in [0.2, 0.25) is 10.0 Å². The lowest BCUT2D eigenvalue weighted by Gasteiger charge is -2.23. The van der Waals surface area contributed by atoms with Crippen LogP contribution in [0.2, 0.25) is 0 Å². The first-order valence-corrected chi connectivity index (χ1v) is 12.4. The highest BCUT2D eigenvalue weighted by Gasteiger charge is 2.28. The van der Waals surface area contributed by atoms with Crippen molar-refractivity contribution in [2.45, 2.75) is 24.3 Å². The van der Waals surface area contributed by atoms with E-state index in [1.807, 2.05) is 29.6 Å². The zero-order valence-electron chi connectivity index (χ0n) is 17.2. The number of thiophene rings is 1. The first-order chi connectivity index (χ1) is 15.0. The maximum absolute atomic E-state index is 13.5. The maximum atomic E-state index is 13.5.